The number of phenols is 1. The molecule has 3 rings (SSSR count). The smallest absolute Gasteiger partial charge is 0.341 e. The monoisotopic (exact) mass is 279 g/mol. The molecular weight excluding hydrogens is 266 g/mol. The molecule has 2 aromatic carbocycles. The maximum absolute atomic E-state index is 11.9. The zero-order valence-electron chi connectivity index (χ0n) is 11.4. The molecule has 0 atom stereocenters. The van der Waals surface area contributed by atoms with Gasteiger partial charge in [-0.25, -0.2) is 4.79 Å². The average molecular weight is 279 g/mol. The van der Waals surface area contributed by atoms with Crippen LogP contribution in [0.5, 0.6) is 5.75 Å². The van der Waals surface area contributed by atoms with Crippen molar-refractivity contribution in [1.82, 2.24) is 4.98 Å². The van der Waals surface area contributed by atoms with Gasteiger partial charge in [0, 0.05) is 11.6 Å². The molecule has 0 aliphatic rings. The van der Waals surface area contributed by atoms with E-state index in [1.54, 1.807) is 18.3 Å². The molecular formula is C17H13NO3. The van der Waals surface area contributed by atoms with Crippen LogP contribution in [-0.4, -0.2) is 23.2 Å². The first-order chi connectivity index (χ1) is 10.2. The maximum Gasteiger partial charge on any atom is 0.341 e. The van der Waals surface area contributed by atoms with E-state index in [2.05, 4.69) is 4.98 Å². The lowest BCUT2D eigenvalue weighted by atomic mass is 9.97. The van der Waals surface area contributed by atoms with Gasteiger partial charge >= 0.3 is 5.97 Å². The number of rotatable bonds is 2. The van der Waals surface area contributed by atoms with Gasteiger partial charge in [-0.1, -0.05) is 36.4 Å². The van der Waals surface area contributed by atoms with E-state index < -0.39 is 5.97 Å². The molecule has 21 heavy (non-hydrogen) atoms. The number of hydrogen-bond acceptors (Lipinski definition) is 4. The van der Waals surface area contributed by atoms with Crippen LogP contribution in [0.2, 0.25) is 0 Å². The second-order valence-electron chi connectivity index (χ2n) is 4.58. The summed E-state index contributed by atoms with van der Waals surface area (Å²) in [4.78, 5) is 16.2. The molecule has 0 bridgehead atoms. The van der Waals surface area contributed by atoms with E-state index in [9.17, 15) is 9.90 Å². The zero-order valence-corrected chi connectivity index (χ0v) is 11.4. The number of benzene rings is 2. The fourth-order valence-electron chi connectivity index (χ4n) is 2.36. The lowest BCUT2D eigenvalue weighted by Crippen LogP contribution is -2.03. The normalized spacial score (nSPS) is 10.5. The minimum Gasteiger partial charge on any atom is -0.506 e. The Bertz CT molecular complexity index is 813. The van der Waals surface area contributed by atoms with E-state index in [-0.39, 0.29) is 11.3 Å². The number of pyridine rings is 1. The van der Waals surface area contributed by atoms with Gasteiger partial charge in [0.25, 0.3) is 0 Å². The third kappa shape index (κ3) is 2.21. The molecule has 0 radical (unpaired) electrons. The van der Waals surface area contributed by atoms with Gasteiger partial charge in [0.2, 0.25) is 0 Å². The van der Waals surface area contributed by atoms with Crippen molar-refractivity contribution in [2.75, 3.05) is 7.11 Å². The Kier molecular flexibility index (Phi) is 3.28. The predicted octanol–water partition coefficient (Wildman–Crippen LogP) is 3.39. The molecule has 0 unspecified atom stereocenters. The lowest BCUT2D eigenvalue weighted by molar-refractivity contribution is 0.0598. The fourth-order valence-corrected chi connectivity index (χ4v) is 2.36. The van der Waals surface area contributed by atoms with E-state index in [1.807, 2.05) is 36.4 Å². The number of nitrogens with zero attached hydrogens (tertiary/aromatic N) is 1. The standard InChI is InChI=1S/C17H13NO3/c1-21-17(20)13-10-12-8-5-9-18-15(12)14(16(13)19)11-6-3-2-4-7-11/h2-10,19H,1H3. The topological polar surface area (TPSA) is 59.4 Å². The number of carbonyl (C=O) groups excluding carboxylic acids is 1. The van der Waals surface area contributed by atoms with Crippen molar-refractivity contribution in [3.8, 4) is 16.9 Å². The number of methoxy groups -OCH3 is 1. The van der Waals surface area contributed by atoms with Crippen LogP contribution in [0.25, 0.3) is 22.0 Å². The third-order valence-corrected chi connectivity index (χ3v) is 3.34. The zero-order chi connectivity index (χ0) is 14.8. The summed E-state index contributed by atoms with van der Waals surface area (Å²) in [5, 5.41) is 11.3. The number of esters is 1. The number of aromatic nitrogens is 1. The average Bonchev–Trinajstić information content (AvgIpc) is 2.54. The largest absolute Gasteiger partial charge is 0.506 e. The van der Waals surface area contributed by atoms with Gasteiger partial charge in [-0.15, -0.1) is 0 Å². The predicted molar refractivity (Wildman–Crippen MR) is 80.2 cm³/mol. The molecule has 0 saturated carbocycles. The first-order valence-corrected chi connectivity index (χ1v) is 6.47. The Morgan fingerprint density at radius 1 is 1.14 bits per heavy atom. The highest BCUT2D eigenvalue weighted by molar-refractivity contribution is 6.05. The Morgan fingerprint density at radius 3 is 2.62 bits per heavy atom. The minimum atomic E-state index is -0.574. The van der Waals surface area contributed by atoms with Gasteiger partial charge in [-0.2, -0.15) is 0 Å². The van der Waals surface area contributed by atoms with Gasteiger partial charge < -0.3 is 9.84 Å². The molecule has 0 saturated heterocycles. The van der Waals surface area contributed by atoms with Crippen molar-refractivity contribution < 1.29 is 14.6 Å². The summed E-state index contributed by atoms with van der Waals surface area (Å²) in [5.74, 6) is -0.685. The van der Waals surface area contributed by atoms with Crippen LogP contribution in [0.1, 0.15) is 10.4 Å². The van der Waals surface area contributed by atoms with E-state index in [0.29, 0.717) is 11.1 Å². The van der Waals surface area contributed by atoms with E-state index in [0.717, 1.165) is 10.9 Å². The third-order valence-electron chi connectivity index (χ3n) is 3.34. The van der Waals surface area contributed by atoms with Crippen LogP contribution in [0.15, 0.2) is 54.7 Å². The van der Waals surface area contributed by atoms with Crippen molar-refractivity contribution in [3.05, 3.63) is 60.3 Å². The van der Waals surface area contributed by atoms with Crippen LogP contribution >= 0.6 is 0 Å². The van der Waals surface area contributed by atoms with Gasteiger partial charge in [-0.05, 0) is 17.7 Å². The van der Waals surface area contributed by atoms with Crippen molar-refractivity contribution in [2.24, 2.45) is 0 Å². The molecule has 1 aromatic heterocycles. The summed E-state index contributed by atoms with van der Waals surface area (Å²) in [7, 11) is 1.29. The number of fused-ring (bicyclic) bond motifs is 1. The molecule has 3 aromatic rings. The first kappa shape index (κ1) is 13.1. The summed E-state index contributed by atoms with van der Waals surface area (Å²) in [5.41, 5.74) is 2.12. The van der Waals surface area contributed by atoms with E-state index in [1.165, 1.54) is 7.11 Å². The second-order valence-corrected chi connectivity index (χ2v) is 4.58. The van der Waals surface area contributed by atoms with Gasteiger partial charge in [0.15, 0.2) is 0 Å². The van der Waals surface area contributed by atoms with Crippen molar-refractivity contribution in [3.63, 3.8) is 0 Å². The molecule has 4 nitrogen and oxygen atoms in total. The number of phenolic OH excluding ortho intramolecular Hbond substituents is 1. The maximum atomic E-state index is 11.9. The summed E-state index contributed by atoms with van der Waals surface area (Å²) < 4.78 is 4.74. The van der Waals surface area contributed by atoms with Crippen molar-refractivity contribution >= 4 is 16.9 Å². The quantitative estimate of drug-likeness (QED) is 0.730. The summed E-state index contributed by atoms with van der Waals surface area (Å²) >= 11 is 0. The van der Waals surface area contributed by atoms with Crippen LogP contribution < -0.4 is 0 Å². The van der Waals surface area contributed by atoms with Gasteiger partial charge in [-0.3, -0.25) is 4.98 Å². The molecule has 4 heteroatoms. The number of hydrogen-bond donors (Lipinski definition) is 1. The fraction of sp³-hybridized carbons (Fsp3) is 0.0588. The first-order valence-electron chi connectivity index (χ1n) is 6.47. The minimum absolute atomic E-state index is 0.112. The molecule has 104 valence electrons. The number of aromatic hydroxyl groups is 1. The van der Waals surface area contributed by atoms with Crippen LogP contribution in [0.4, 0.5) is 0 Å². The molecule has 1 heterocycles. The van der Waals surface area contributed by atoms with Crippen LogP contribution in [-0.2, 0) is 4.74 Å². The summed E-state index contributed by atoms with van der Waals surface area (Å²) in [6.45, 7) is 0. The highest BCUT2D eigenvalue weighted by Crippen LogP contribution is 2.38. The second kappa shape index (κ2) is 5.25. The van der Waals surface area contributed by atoms with Crippen molar-refractivity contribution in [1.29, 1.82) is 0 Å². The Hall–Kier alpha value is -2.88. The lowest BCUT2D eigenvalue weighted by Gasteiger charge is -2.12. The number of ether oxygens (including phenoxy) is 1. The molecule has 0 aliphatic carbocycles. The van der Waals surface area contributed by atoms with E-state index in [4.69, 9.17) is 4.74 Å². The molecule has 0 aliphatic heterocycles. The van der Waals surface area contributed by atoms with Gasteiger partial charge in [0.1, 0.15) is 11.3 Å². The van der Waals surface area contributed by atoms with Gasteiger partial charge in [0.05, 0.1) is 18.2 Å². The summed E-state index contributed by atoms with van der Waals surface area (Å²) in [6.07, 6.45) is 1.66. The van der Waals surface area contributed by atoms with E-state index >= 15 is 0 Å². The highest BCUT2D eigenvalue weighted by atomic mass is 16.5. The SMILES string of the molecule is COC(=O)c1cc2cccnc2c(-c2ccccc2)c1O. The molecule has 0 fully saturated rings. The Balaban J connectivity index is 2.40. The van der Waals surface area contributed by atoms with Crippen LogP contribution in [0, 0.1) is 0 Å². The molecule has 1 N–H and O–H groups in total. The molecule has 0 spiro atoms. The number of carbonyl (C=O) groups is 1. The Morgan fingerprint density at radius 2 is 1.90 bits per heavy atom. The Labute approximate surface area is 121 Å². The highest BCUT2D eigenvalue weighted by Gasteiger charge is 2.20. The summed E-state index contributed by atoms with van der Waals surface area (Å²) in [6, 6.07) is 14.6. The molecule has 0 amide bonds. The van der Waals surface area contributed by atoms with Crippen molar-refractivity contribution in [2.45, 2.75) is 0 Å². The van der Waals surface area contributed by atoms with Crippen LogP contribution in [0.3, 0.4) is 0 Å².